The summed E-state index contributed by atoms with van der Waals surface area (Å²) in [6, 6.07) is 0. The van der Waals surface area contributed by atoms with Crippen LogP contribution in [0.5, 0.6) is 0 Å². The van der Waals surface area contributed by atoms with E-state index in [0.717, 1.165) is 12.8 Å². The average molecular weight is 129 g/mol. The molecule has 1 radical (unpaired) electrons. The van der Waals surface area contributed by atoms with Gasteiger partial charge in [0.1, 0.15) is 5.60 Å². The highest BCUT2D eigenvalue weighted by Crippen LogP contribution is 2.09. The van der Waals surface area contributed by atoms with Crippen LogP contribution in [0.3, 0.4) is 0 Å². The zero-order chi connectivity index (χ0) is 7.33. The molecule has 0 aliphatic carbocycles. The number of unbranched alkanes of at least 4 members (excludes halogenated alkanes) is 1. The minimum Gasteiger partial charge on any atom is -0.382 e. The molecule has 0 heterocycles. The molecule has 2 nitrogen and oxygen atoms in total. The molecule has 0 fully saturated rings. The Morgan fingerprint density at radius 1 is 1.67 bits per heavy atom. The molecule has 0 aromatic heterocycles. The monoisotopic (exact) mass is 129 g/mol. The van der Waals surface area contributed by atoms with Gasteiger partial charge in [-0.15, -0.1) is 0 Å². The highest BCUT2D eigenvalue weighted by molar-refractivity contribution is 5.61. The lowest BCUT2D eigenvalue weighted by Crippen LogP contribution is -2.25. The van der Waals surface area contributed by atoms with E-state index in [0.29, 0.717) is 6.42 Å². The Morgan fingerprint density at radius 3 is 2.56 bits per heavy atom. The number of hydrogen-bond acceptors (Lipinski definition) is 2. The van der Waals surface area contributed by atoms with Gasteiger partial charge in [-0.25, -0.2) is 0 Å². The standard InChI is InChI=1S/C7H13O2/c1-3-4-5-7(2,9)6-8/h9H,3-5H2,1-2H3. The number of hydrogen-bond donors (Lipinski definition) is 1. The third-order valence-electron chi connectivity index (χ3n) is 1.24. The first-order valence-corrected chi connectivity index (χ1v) is 3.24. The van der Waals surface area contributed by atoms with Crippen molar-refractivity contribution in [2.45, 2.75) is 38.7 Å². The second-order valence-electron chi connectivity index (χ2n) is 2.48. The van der Waals surface area contributed by atoms with Gasteiger partial charge < -0.3 is 5.11 Å². The van der Waals surface area contributed by atoms with E-state index >= 15 is 0 Å². The van der Waals surface area contributed by atoms with E-state index in [-0.39, 0.29) is 0 Å². The third-order valence-corrected chi connectivity index (χ3v) is 1.24. The maximum atomic E-state index is 9.96. The molecule has 0 saturated heterocycles. The second kappa shape index (κ2) is 3.62. The van der Waals surface area contributed by atoms with Crippen molar-refractivity contribution in [2.24, 2.45) is 0 Å². The molecular formula is C7H13O2. The molecule has 0 aliphatic heterocycles. The maximum absolute atomic E-state index is 9.96. The van der Waals surface area contributed by atoms with Gasteiger partial charge in [-0.05, 0) is 13.3 Å². The van der Waals surface area contributed by atoms with E-state index in [1.54, 1.807) is 6.29 Å². The van der Waals surface area contributed by atoms with Crippen molar-refractivity contribution in [2.75, 3.05) is 0 Å². The fourth-order valence-electron chi connectivity index (χ4n) is 0.572. The summed E-state index contributed by atoms with van der Waals surface area (Å²) in [7, 11) is 0. The van der Waals surface area contributed by atoms with E-state index in [1.165, 1.54) is 6.92 Å². The molecule has 1 unspecified atom stereocenters. The van der Waals surface area contributed by atoms with Crippen LogP contribution in [0.25, 0.3) is 0 Å². The second-order valence-corrected chi connectivity index (χ2v) is 2.48. The van der Waals surface area contributed by atoms with Crippen molar-refractivity contribution >= 4 is 6.29 Å². The zero-order valence-corrected chi connectivity index (χ0v) is 5.98. The fraction of sp³-hybridized carbons (Fsp3) is 0.857. The lowest BCUT2D eigenvalue weighted by atomic mass is 10.0. The number of aliphatic hydroxyl groups is 1. The molecule has 0 aliphatic rings. The summed E-state index contributed by atoms with van der Waals surface area (Å²) in [5.74, 6) is 0. The van der Waals surface area contributed by atoms with Crippen LogP contribution in [0, 0.1) is 0 Å². The Hall–Kier alpha value is -0.370. The predicted molar refractivity (Wildman–Crippen MR) is 35.8 cm³/mol. The summed E-state index contributed by atoms with van der Waals surface area (Å²) in [4.78, 5) is 9.96. The molecule has 9 heavy (non-hydrogen) atoms. The normalized spacial score (nSPS) is 16.8. The van der Waals surface area contributed by atoms with Crippen LogP contribution in [-0.4, -0.2) is 17.0 Å². The quantitative estimate of drug-likeness (QED) is 0.615. The van der Waals surface area contributed by atoms with Crippen molar-refractivity contribution in [1.82, 2.24) is 0 Å². The molecule has 0 saturated carbocycles. The maximum Gasteiger partial charge on any atom is 0.232 e. The van der Waals surface area contributed by atoms with Gasteiger partial charge in [-0.2, -0.15) is 0 Å². The highest BCUT2D eigenvalue weighted by atomic mass is 16.3. The zero-order valence-electron chi connectivity index (χ0n) is 5.98. The van der Waals surface area contributed by atoms with Crippen molar-refractivity contribution < 1.29 is 9.90 Å². The minimum atomic E-state index is -1.21. The lowest BCUT2D eigenvalue weighted by molar-refractivity contribution is 0.116. The number of carbonyl (C=O) groups excluding carboxylic acids is 1. The fourth-order valence-corrected chi connectivity index (χ4v) is 0.572. The van der Waals surface area contributed by atoms with Crippen LogP contribution in [0.4, 0.5) is 0 Å². The molecule has 0 amide bonds. The van der Waals surface area contributed by atoms with Crippen LogP contribution in [-0.2, 0) is 4.79 Å². The van der Waals surface area contributed by atoms with Crippen LogP contribution < -0.4 is 0 Å². The molecule has 1 N–H and O–H groups in total. The van der Waals surface area contributed by atoms with Crippen molar-refractivity contribution in [3.63, 3.8) is 0 Å². The molecule has 0 aromatic carbocycles. The van der Waals surface area contributed by atoms with Gasteiger partial charge in [0.25, 0.3) is 0 Å². The summed E-state index contributed by atoms with van der Waals surface area (Å²) in [5.41, 5.74) is -1.21. The first-order chi connectivity index (χ1) is 4.12. The van der Waals surface area contributed by atoms with Crippen LogP contribution >= 0.6 is 0 Å². The third kappa shape index (κ3) is 4.15. The van der Waals surface area contributed by atoms with E-state index in [4.69, 9.17) is 5.11 Å². The average Bonchev–Trinajstić information content (AvgIpc) is 1.84. The first kappa shape index (κ1) is 8.63. The SMILES string of the molecule is CCCCC(C)(O)[C]=O. The predicted octanol–water partition coefficient (Wildman–Crippen LogP) is 1.04. The Bertz CT molecular complexity index is 86.9. The molecule has 1 atom stereocenters. The summed E-state index contributed by atoms with van der Waals surface area (Å²) >= 11 is 0. The van der Waals surface area contributed by atoms with Crippen molar-refractivity contribution in [3.05, 3.63) is 0 Å². The van der Waals surface area contributed by atoms with Crippen LogP contribution in [0.1, 0.15) is 33.1 Å². The van der Waals surface area contributed by atoms with E-state index < -0.39 is 5.60 Å². The summed E-state index contributed by atoms with van der Waals surface area (Å²) < 4.78 is 0. The largest absolute Gasteiger partial charge is 0.382 e. The lowest BCUT2D eigenvalue weighted by Gasteiger charge is -2.12. The van der Waals surface area contributed by atoms with Gasteiger partial charge in [0.05, 0.1) is 0 Å². The smallest absolute Gasteiger partial charge is 0.232 e. The van der Waals surface area contributed by atoms with Crippen LogP contribution in [0.2, 0.25) is 0 Å². The van der Waals surface area contributed by atoms with E-state index in [1.807, 2.05) is 6.92 Å². The van der Waals surface area contributed by atoms with E-state index in [2.05, 4.69) is 0 Å². The first-order valence-electron chi connectivity index (χ1n) is 3.24. The topological polar surface area (TPSA) is 37.3 Å². The molecule has 2 heteroatoms. The van der Waals surface area contributed by atoms with Gasteiger partial charge in [-0.3, -0.25) is 4.79 Å². The molecule has 0 aromatic rings. The Labute approximate surface area is 55.9 Å². The minimum absolute atomic E-state index is 0.521. The van der Waals surface area contributed by atoms with Gasteiger partial charge in [0.15, 0.2) is 0 Å². The van der Waals surface area contributed by atoms with Gasteiger partial charge in [-0.1, -0.05) is 19.8 Å². The Kier molecular flexibility index (Phi) is 3.47. The molecular weight excluding hydrogens is 116 g/mol. The van der Waals surface area contributed by atoms with Crippen LogP contribution in [0.15, 0.2) is 0 Å². The molecule has 53 valence electrons. The van der Waals surface area contributed by atoms with Gasteiger partial charge in [0.2, 0.25) is 6.29 Å². The Morgan fingerprint density at radius 2 is 2.22 bits per heavy atom. The van der Waals surface area contributed by atoms with Gasteiger partial charge >= 0.3 is 0 Å². The van der Waals surface area contributed by atoms with E-state index in [9.17, 15) is 4.79 Å². The summed E-state index contributed by atoms with van der Waals surface area (Å²) in [6.45, 7) is 3.50. The summed E-state index contributed by atoms with van der Waals surface area (Å²) in [5, 5.41) is 9.03. The van der Waals surface area contributed by atoms with Gasteiger partial charge in [0, 0.05) is 0 Å². The molecule has 0 bridgehead atoms. The summed E-state index contributed by atoms with van der Waals surface area (Å²) in [6.07, 6.45) is 3.98. The van der Waals surface area contributed by atoms with Crippen molar-refractivity contribution in [1.29, 1.82) is 0 Å². The molecule has 0 spiro atoms. The highest BCUT2D eigenvalue weighted by Gasteiger charge is 2.18. The number of rotatable bonds is 4. The molecule has 0 rings (SSSR count). The Balaban J connectivity index is 3.45. The van der Waals surface area contributed by atoms with Crippen molar-refractivity contribution in [3.8, 4) is 0 Å².